The number of hydrogen-bond acceptors (Lipinski definition) is 2. The van der Waals surface area contributed by atoms with Crippen molar-refractivity contribution in [2.75, 3.05) is 0 Å². The molecule has 1 aliphatic rings. The molecule has 0 aromatic carbocycles. The lowest BCUT2D eigenvalue weighted by molar-refractivity contribution is -0.0226. The van der Waals surface area contributed by atoms with Gasteiger partial charge in [-0.25, -0.2) is 0 Å². The Balaban J connectivity index is 2.35. The molecule has 0 heterocycles. The Morgan fingerprint density at radius 2 is 1.78 bits per heavy atom. The molecule has 9 heavy (non-hydrogen) atoms. The van der Waals surface area contributed by atoms with Crippen molar-refractivity contribution < 1.29 is 10.2 Å². The van der Waals surface area contributed by atoms with Gasteiger partial charge in [-0.05, 0) is 25.2 Å². The number of rotatable bonds is 0. The van der Waals surface area contributed by atoms with Crippen LogP contribution in [-0.4, -0.2) is 22.4 Å². The fraction of sp³-hybridized carbons (Fsp3) is 1.00. The van der Waals surface area contributed by atoms with E-state index in [0.717, 1.165) is 19.3 Å². The highest BCUT2D eigenvalue weighted by atomic mass is 16.3. The molecule has 2 unspecified atom stereocenters. The molecule has 2 nitrogen and oxygen atoms in total. The summed E-state index contributed by atoms with van der Waals surface area (Å²) in [4.78, 5) is 0. The first kappa shape index (κ1) is 7.03. The zero-order chi connectivity index (χ0) is 6.85. The van der Waals surface area contributed by atoms with Crippen molar-refractivity contribution in [3.05, 3.63) is 0 Å². The predicted octanol–water partition coefficient (Wildman–Crippen LogP) is 0.528. The van der Waals surface area contributed by atoms with Crippen molar-refractivity contribution in [1.82, 2.24) is 0 Å². The van der Waals surface area contributed by atoms with Gasteiger partial charge in [0.05, 0.1) is 12.2 Å². The van der Waals surface area contributed by atoms with E-state index in [1.165, 1.54) is 0 Å². The van der Waals surface area contributed by atoms with E-state index >= 15 is 0 Å². The lowest BCUT2D eigenvalue weighted by Gasteiger charge is -2.27. The molecule has 0 radical (unpaired) electrons. The third kappa shape index (κ3) is 1.66. The second kappa shape index (κ2) is 2.67. The minimum atomic E-state index is -0.464. The van der Waals surface area contributed by atoms with Crippen LogP contribution in [0, 0.1) is 5.92 Å². The lowest BCUT2D eigenvalue weighted by Crippen LogP contribution is -2.32. The molecular weight excluding hydrogens is 116 g/mol. The molecule has 2 heteroatoms. The molecule has 54 valence electrons. The smallest absolute Gasteiger partial charge is 0.0801 e. The Morgan fingerprint density at radius 1 is 1.11 bits per heavy atom. The number of aliphatic hydroxyl groups is 2. The van der Waals surface area contributed by atoms with Gasteiger partial charge in [0.1, 0.15) is 0 Å². The van der Waals surface area contributed by atoms with Crippen molar-refractivity contribution in [2.24, 2.45) is 5.92 Å². The third-order valence-corrected chi connectivity index (χ3v) is 2.04. The molecule has 0 saturated heterocycles. The minimum Gasteiger partial charge on any atom is -0.390 e. The van der Waals surface area contributed by atoms with Gasteiger partial charge in [-0.15, -0.1) is 0 Å². The molecular formula is C7H14O2. The Hall–Kier alpha value is -0.0800. The van der Waals surface area contributed by atoms with Crippen LogP contribution in [0.15, 0.2) is 0 Å². The van der Waals surface area contributed by atoms with E-state index < -0.39 is 12.2 Å². The van der Waals surface area contributed by atoms with E-state index in [1.807, 2.05) is 0 Å². The molecule has 2 N–H and O–H groups in total. The van der Waals surface area contributed by atoms with Crippen LogP contribution in [0.3, 0.4) is 0 Å². The van der Waals surface area contributed by atoms with Gasteiger partial charge >= 0.3 is 0 Å². The Kier molecular flexibility index (Phi) is 2.09. The predicted molar refractivity (Wildman–Crippen MR) is 35.0 cm³/mol. The summed E-state index contributed by atoms with van der Waals surface area (Å²) < 4.78 is 0. The number of hydrogen-bond donors (Lipinski definition) is 2. The van der Waals surface area contributed by atoms with Crippen LogP contribution in [0.1, 0.15) is 26.2 Å². The highest BCUT2D eigenvalue weighted by molar-refractivity contribution is 4.76. The largest absolute Gasteiger partial charge is 0.390 e. The highest BCUT2D eigenvalue weighted by Crippen LogP contribution is 2.23. The van der Waals surface area contributed by atoms with Gasteiger partial charge < -0.3 is 10.2 Å². The van der Waals surface area contributed by atoms with Gasteiger partial charge in [0.2, 0.25) is 0 Å². The van der Waals surface area contributed by atoms with Gasteiger partial charge in [0.25, 0.3) is 0 Å². The molecule has 0 aromatic rings. The molecule has 1 fully saturated rings. The minimum absolute atomic E-state index is 0.457. The monoisotopic (exact) mass is 130 g/mol. The van der Waals surface area contributed by atoms with Crippen LogP contribution in [0.2, 0.25) is 0 Å². The van der Waals surface area contributed by atoms with E-state index in [4.69, 9.17) is 10.2 Å². The van der Waals surface area contributed by atoms with Crippen molar-refractivity contribution >= 4 is 0 Å². The van der Waals surface area contributed by atoms with Crippen LogP contribution in [-0.2, 0) is 0 Å². The molecule has 1 rings (SSSR count). The van der Waals surface area contributed by atoms with E-state index in [0.29, 0.717) is 5.92 Å². The van der Waals surface area contributed by atoms with Gasteiger partial charge in [-0.1, -0.05) is 6.92 Å². The van der Waals surface area contributed by atoms with E-state index in [9.17, 15) is 0 Å². The normalized spacial score (nSPS) is 45.0. The topological polar surface area (TPSA) is 40.5 Å². The zero-order valence-electron chi connectivity index (χ0n) is 5.75. The van der Waals surface area contributed by atoms with E-state index in [-0.39, 0.29) is 0 Å². The zero-order valence-corrected chi connectivity index (χ0v) is 5.75. The number of aliphatic hydroxyl groups excluding tert-OH is 2. The molecule has 0 spiro atoms. The fourth-order valence-corrected chi connectivity index (χ4v) is 1.33. The first-order valence-electron chi connectivity index (χ1n) is 3.56. The summed E-state index contributed by atoms with van der Waals surface area (Å²) in [6.45, 7) is 2.11. The summed E-state index contributed by atoms with van der Waals surface area (Å²) in [5, 5.41) is 18.1. The SMILES string of the molecule is C[C@H]1CCC(O)C(O)C1. The third-order valence-electron chi connectivity index (χ3n) is 2.04. The Labute approximate surface area is 55.5 Å². The second-order valence-electron chi connectivity index (χ2n) is 3.05. The van der Waals surface area contributed by atoms with E-state index in [1.54, 1.807) is 0 Å². The maximum Gasteiger partial charge on any atom is 0.0801 e. The maximum absolute atomic E-state index is 9.10. The van der Waals surface area contributed by atoms with Crippen LogP contribution in [0.5, 0.6) is 0 Å². The highest BCUT2D eigenvalue weighted by Gasteiger charge is 2.24. The van der Waals surface area contributed by atoms with Gasteiger partial charge in [-0.3, -0.25) is 0 Å². The molecule has 0 aliphatic heterocycles. The van der Waals surface area contributed by atoms with Crippen molar-refractivity contribution in [2.45, 2.75) is 38.4 Å². The molecule has 1 aliphatic carbocycles. The van der Waals surface area contributed by atoms with Crippen molar-refractivity contribution in [3.63, 3.8) is 0 Å². The summed E-state index contributed by atoms with van der Waals surface area (Å²) in [5.41, 5.74) is 0. The van der Waals surface area contributed by atoms with Gasteiger partial charge in [-0.2, -0.15) is 0 Å². The standard InChI is InChI=1S/C7H14O2/c1-5-2-3-6(8)7(9)4-5/h5-9H,2-4H2,1H3/t5-,6?,7?/m0/s1. The Morgan fingerprint density at radius 3 is 2.22 bits per heavy atom. The summed E-state index contributed by atoms with van der Waals surface area (Å²) in [6.07, 6.45) is 1.66. The molecule has 3 atom stereocenters. The average molecular weight is 130 g/mol. The van der Waals surface area contributed by atoms with Crippen LogP contribution >= 0.6 is 0 Å². The summed E-state index contributed by atoms with van der Waals surface area (Å²) in [5.74, 6) is 0.586. The van der Waals surface area contributed by atoms with Crippen LogP contribution < -0.4 is 0 Å². The molecule has 0 amide bonds. The van der Waals surface area contributed by atoms with Crippen molar-refractivity contribution in [1.29, 1.82) is 0 Å². The first-order valence-corrected chi connectivity index (χ1v) is 3.56. The quantitative estimate of drug-likeness (QED) is 0.502. The molecule has 0 bridgehead atoms. The average Bonchev–Trinajstić information content (AvgIpc) is 1.80. The summed E-state index contributed by atoms with van der Waals surface area (Å²) in [6, 6.07) is 0. The van der Waals surface area contributed by atoms with Crippen molar-refractivity contribution in [3.8, 4) is 0 Å². The van der Waals surface area contributed by atoms with Crippen LogP contribution in [0.25, 0.3) is 0 Å². The molecule has 0 aromatic heterocycles. The Bertz CT molecular complexity index is 92.9. The summed E-state index contributed by atoms with van der Waals surface area (Å²) >= 11 is 0. The van der Waals surface area contributed by atoms with Gasteiger partial charge in [0.15, 0.2) is 0 Å². The molecule has 1 saturated carbocycles. The summed E-state index contributed by atoms with van der Waals surface area (Å²) in [7, 11) is 0. The van der Waals surface area contributed by atoms with Crippen LogP contribution in [0.4, 0.5) is 0 Å². The fourth-order valence-electron chi connectivity index (χ4n) is 1.33. The first-order chi connectivity index (χ1) is 4.20. The van der Waals surface area contributed by atoms with Gasteiger partial charge in [0, 0.05) is 0 Å². The lowest BCUT2D eigenvalue weighted by atomic mass is 9.87. The van der Waals surface area contributed by atoms with E-state index in [2.05, 4.69) is 6.92 Å². The second-order valence-corrected chi connectivity index (χ2v) is 3.05. The maximum atomic E-state index is 9.10.